The Morgan fingerprint density at radius 3 is 1.05 bits per heavy atom. The van der Waals surface area contributed by atoms with Crippen molar-refractivity contribution < 1.29 is 0 Å². The van der Waals surface area contributed by atoms with E-state index in [0.717, 1.165) is 0 Å². The number of hydrogen-bond acceptors (Lipinski definition) is 0. The third-order valence-electron chi connectivity index (χ3n) is 5.56. The van der Waals surface area contributed by atoms with E-state index in [0.29, 0.717) is 13.4 Å². The Kier molecular flexibility index (Phi) is 3.25. The third kappa shape index (κ3) is 2.07. The molecule has 0 N–H and O–H groups in total. The van der Waals surface area contributed by atoms with Gasteiger partial charge in [-0.3, -0.25) is 0 Å². The number of hydrogen-bond donors (Lipinski definition) is 0. The van der Waals surface area contributed by atoms with E-state index in [-0.39, 0.29) is 0 Å². The first kappa shape index (κ1) is 14.2. The van der Waals surface area contributed by atoms with Crippen LogP contribution < -0.4 is 10.9 Å². The molecule has 0 spiro atoms. The van der Waals surface area contributed by atoms with Crippen molar-refractivity contribution in [3.63, 3.8) is 0 Å². The van der Waals surface area contributed by atoms with Crippen LogP contribution in [-0.2, 0) is 25.7 Å². The zero-order valence-corrected chi connectivity index (χ0v) is 14.3. The molecule has 2 aliphatic rings. The van der Waals surface area contributed by atoms with Crippen molar-refractivity contribution in [2.75, 3.05) is 0 Å². The van der Waals surface area contributed by atoms with Gasteiger partial charge in [0.25, 0.3) is 0 Å². The van der Waals surface area contributed by atoms with E-state index in [1.807, 2.05) is 0 Å². The normalized spacial score (nSPS) is 14.5. The van der Waals surface area contributed by atoms with E-state index in [1.54, 1.807) is 33.4 Å². The molecule has 110 valence electrons. The molecule has 0 saturated carbocycles. The quantitative estimate of drug-likeness (QED) is 0.741. The third-order valence-corrected chi connectivity index (χ3v) is 5.56. The lowest BCUT2D eigenvalue weighted by molar-refractivity contribution is 0.880. The topological polar surface area (TPSA) is 0 Å². The summed E-state index contributed by atoms with van der Waals surface area (Å²) >= 11 is 0. The predicted molar refractivity (Wildman–Crippen MR) is 101 cm³/mol. The molecule has 0 fully saturated rings. The summed E-state index contributed by atoms with van der Waals surface area (Å²) in [6.45, 7) is 10.5. The fourth-order valence-electron chi connectivity index (χ4n) is 4.23. The summed E-state index contributed by atoms with van der Waals surface area (Å²) < 4.78 is 0. The van der Waals surface area contributed by atoms with Crippen molar-refractivity contribution >= 4 is 24.4 Å². The Labute approximate surface area is 135 Å². The molecule has 0 aliphatic heterocycles. The average Bonchev–Trinajstić information content (AvgIpc) is 2.51. The minimum atomic E-state index is 0.632. The van der Waals surface area contributed by atoms with Crippen LogP contribution in [0.15, 0.2) is 24.3 Å². The van der Waals surface area contributed by atoms with Gasteiger partial charge in [-0.15, -0.1) is 0 Å². The van der Waals surface area contributed by atoms with Crippen LogP contribution in [0.4, 0.5) is 0 Å². The number of aryl methyl sites for hydroxylation is 4. The highest BCUT2D eigenvalue weighted by molar-refractivity contribution is 6.71. The van der Waals surface area contributed by atoms with Crippen LogP contribution in [0.3, 0.4) is 0 Å². The highest BCUT2D eigenvalue weighted by atomic mass is 14.3. The van der Waals surface area contributed by atoms with Crippen LogP contribution in [0.25, 0.3) is 11.1 Å². The lowest BCUT2D eigenvalue weighted by Crippen LogP contribution is -2.29. The summed E-state index contributed by atoms with van der Waals surface area (Å²) in [7, 11) is 0. The van der Waals surface area contributed by atoms with Gasteiger partial charge in [-0.1, -0.05) is 62.5 Å². The minimum Gasteiger partial charge on any atom is -0.0819 e. The van der Waals surface area contributed by atoms with E-state index < -0.39 is 0 Å². The summed E-state index contributed by atoms with van der Waals surface area (Å²) in [6, 6.07) is 9.94. The second kappa shape index (κ2) is 5.05. The Hall–Kier alpha value is -1.43. The molecule has 0 atom stereocenters. The van der Waals surface area contributed by atoms with Crippen LogP contribution in [0, 0.1) is 0 Å². The van der Waals surface area contributed by atoms with Crippen molar-refractivity contribution in [2.45, 2.75) is 53.0 Å². The molecule has 0 saturated heterocycles. The highest BCUT2D eigenvalue weighted by Gasteiger charge is 2.27. The summed E-state index contributed by atoms with van der Waals surface area (Å²) in [5.41, 5.74) is 12.7. The van der Waals surface area contributed by atoms with E-state index in [1.165, 1.54) is 36.6 Å². The molecule has 22 heavy (non-hydrogen) atoms. The van der Waals surface area contributed by atoms with Gasteiger partial charge in [0.1, 0.15) is 0 Å². The number of benzene rings is 2. The first-order valence-corrected chi connectivity index (χ1v) is 8.86. The lowest BCUT2D eigenvalue weighted by Gasteiger charge is -2.31. The van der Waals surface area contributed by atoms with Crippen LogP contribution in [0.1, 0.15) is 22.3 Å². The predicted octanol–water partition coefficient (Wildman–Crippen LogP) is 3.47. The fraction of sp³-hybridized carbons (Fsp3) is 0.400. The zero-order valence-electron chi connectivity index (χ0n) is 14.3. The van der Waals surface area contributed by atoms with Crippen LogP contribution in [0.2, 0.25) is 27.3 Å². The van der Waals surface area contributed by atoms with Crippen molar-refractivity contribution in [1.29, 1.82) is 0 Å². The van der Waals surface area contributed by atoms with Crippen LogP contribution in [-0.4, -0.2) is 13.4 Å². The first-order chi connectivity index (χ1) is 10.5. The fourth-order valence-corrected chi connectivity index (χ4v) is 4.23. The molecule has 0 amide bonds. The Balaban J connectivity index is 1.96. The van der Waals surface area contributed by atoms with E-state index >= 15 is 0 Å². The average molecular weight is 286 g/mol. The summed E-state index contributed by atoms with van der Waals surface area (Å²) in [4.78, 5) is 0. The van der Waals surface area contributed by atoms with E-state index in [2.05, 4.69) is 51.6 Å². The zero-order chi connectivity index (χ0) is 15.4. The maximum absolute atomic E-state index is 2.48. The van der Waals surface area contributed by atoms with Gasteiger partial charge in [0.05, 0.1) is 0 Å². The summed E-state index contributed by atoms with van der Waals surface area (Å²) in [5, 5.41) is 0. The van der Waals surface area contributed by atoms with E-state index in [9.17, 15) is 0 Å². The van der Waals surface area contributed by atoms with Gasteiger partial charge in [0, 0.05) is 0 Å². The molecular weight excluding hydrogens is 262 g/mol. The lowest BCUT2D eigenvalue weighted by atomic mass is 9.48. The second-order valence-electron chi connectivity index (χ2n) is 7.74. The van der Waals surface area contributed by atoms with Gasteiger partial charge >= 0.3 is 0 Å². The smallest absolute Gasteiger partial charge is 0.0819 e. The second-order valence-corrected chi connectivity index (χ2v) is 7.74. The monoisotopic (exact) mass is 286 g/mol. The molecule has 0 aromatic heterocycles. The number of rotatable bonds is 2. The summed E-state index contributed by atoms with van der Waals surface area (Å²) in [6.07, 6.45) is 4.88. The molecule has 0 nitrogen and oxygen atoms in total. The minimum absolute atomic E-state index is 0.632. The molecule has 0 heterocycles. The van der Waals surface area contributed by atoms with Gasteiger partial charge in [-0.2, -0.15) is 0 Å². The molecule has 2 aromatic rings. The van der Waals surface area contributed by atoms with Gasteiger partial charge in [0.15, 0.2) is 13.4 Å². The van der Waals surface area contributed by atoms with Gasteiger partial charge in [-0.05, 0) is 59.1 Å². The van der Waals surface area contributed by atoms with Crippen molar-refractivity contribution in [1.82, 2.24) is 0 Å². The van der Waals surface area contributed by atoms with Crippen molar-refractivity contribution in [2.24, 2.45) is 0 Å². The SMILES string of the molecule is CB(C)c1cc2c3c(c1)CCc1cc(B(C)C)cc(c1-3)CC2. The Morgan fingerprint density at radius 2 is 0.818 bits per heavy atom. The van der Waals surface area contributed by atoms with Crippen LogP contribution >= 0.6 is 0 Å². The maximum atomic E-state index is 2.48. The largest absolute Gasteiger partial charge is 0.169 e. The first-order valence-electron chi connectivity index (χ1n) is 8.86. The van der Waals surface area contributed by atoms with Crippen molar-refractivity contribution in [3.8, 4) is 11.1 Å². The molecule has 2 heteroatoms. The van der Waals surface area contributed by atoms with Crippen molar-refractivity contribution in [3.05, 3.63) is 46.5 Å². The molecule has 4 rings (SSSR count). The molecule has 0 unspecified atom stereocenters. The van der Waals surface area contributed by atoms with Gasteiger partial charge in [-0.25, -0.2) is 0 Å². The Morgan fingerprint density at radius 1 is 0.545 bits per heavy atom. The standard InChI is InChI=1S/C20H24B2/c1-21(2)17-9-13-5-7-15-11-18(22(3)4)12-16-8-6-14(10-17)19(13)20(15)16/h9-12H,5-8H2,1-4H3. The molecule has 0 bridgehead atoms. The summed E-state index contributed by atoms with van der Waals surface area (Å²) in [5.74, 6) is 0. The van der Waals surface area contributed by atoms with Gasteiger partial charge < -0.3 is 0 Å². The molecular formula is C20H24B2. The Bertz CT molecular complexity index is 641. The van der Waals surface area contributed by atoms with E-state index in [4.69, 9.17) is 0 Å². The van der Waals surface area contributed by atoms with Gasteiger partial charge in [0.2, 0.25) is 0 Å². The molecule has 0 radical (unpaired) electrons. The highest BCUT2D eigenvalue weighted by Crippen LogP contribution is 2.41. The van der Waals surface area contributed by atoms with Crippen LogP contribution in [0.5, 0.6) is 0 Å². The molecule has 2 aromatic carbocycles. The maximum Gasteiger partial charge on any atom is 0.169 e. The molecule has 2 aliphatic carbocycles.